The second kappa shape index (κ2) is 8.57. The molecule has 1 heterocycles. The predicted octanol–water partition coefficient (Wildman–Crippen LogP) is 3.89. The van der Waals surface area contributed by atoms with E-state index < -0.39 is 0 Å². The maximum absolute atomic E-state index is 6.18. The summed E-state index contributed by atoms with van der Waals surface area (Å²) in [5.74, 6) is 0.814. The van der Waals surface area contributed by atoms with Gasteiger partial charge in [-0.25, -0.2) is 0 Å². The molecule has 2 rings (SSSR count). The maximum Gasteiger partial charge on any atom is 0.0412 e. The molecule has 1 aromatic carbocycles. The Morgan fingerprint density at radius 1 is 1.38 bits per heavy atom. The number of allylic oxidation sites excluding steroid dienone is 1. The molecule has 1 saturated heterocycles. The minimum absolute atomic E-state index is 0.814. The number of hydrogen-bond donors (Lipinski definition) is 2. The van der Waals surface area contributed by atoms with Crippen LogP contribution in [0.3, 0.4) is 0 Å². The molecule has 116 valence electrons. The number of rotatable bonds is 6. The fraction of sp³-hybridized carbons (Fsp3) is 0.556. The summed E-state index contributed by atoms with van der Waals surface area (Å²) in [5, 5.41) is 7.87. The lowest BCUT2D eigenvalue weighted by molar-refractivity contribution is 0.362. The van der Waals surface area contributed by atoms with Crippen LogP contribution in [0.4, 0.5) is 0 Å². The van der Waals surface area contributed by atoms with E-state index in [-0.39, 0.29) is 0 Å². The van der Waals surface area contributed by atoms with Crippen molar-refractivity contribution in [3.05, 3.63) is 40.4 Å². The van der Waals surface area contributed by atoms with E-state index >= 15 is 0 Å². The van der Waals surface area contributed by atoms with Crippen molar-refractivity contribution < 1.29 is 0 Å². The third-order valence-electron chi connectivity index (χ3n) is 4.35. The van der Waals surface area contributed by atoms with Crippen molar-refractivity contribution in [2.45, 2.75) is 33.1 Å². The van der Waals surface area contributed by atoms with E-state index in [1.165, 1.54) is 29.5 Å². The van der Waals surface area contributed by atoms with E-state index in [0.717, 1.165) is 43.5 Å². The molecule has 0 unspecified atom stereocenters. The Kier molecular flexibility index (Phi) is 6.75. The van der Waals surface area contributed by atoms with Crippen LogP contribution in [-0.2, 0) is 6.42 Å². The van der Waals surface area contributed by atoms with Crippen molar-refractivity contribution in [2.24, 2.45) is 5.92 Å². The molecule has 0 amide bonds. The van der Waals surface area contributed by atoms with Gasteiger partial charge in [0.25, 0.3) is 0 Å². The van der Waals surface area contributed by atoms with Gasteiger partial charge in [0.15, 0.2) is 0 Å². The molecule has 2 N–H and O–H groups in total. The van der Waals surface area contributed by atoms with Gasteiger partial charge in [-0.05, 0) is 80.6 Å². The summed E-state index contributed by atoms with van der Waals surface area (Å²) in [6.07, 6.45) is 5.82. The monoisotopic (exact) mass is 306 g/mol. The number of piperidine rings is 1. The van der Waals surface area contributed by atoms with Crippen molar-refractivity contribution in [2.75, 3.05) is 26.2 Å². The Bertz CT molecular complexity index is 476. The molecule has 0 radical (unpaired) electrons. The number of hydrogen-bond acceptors (Lipinski definition) is 2. The van der Waals surface area contributed by atoms with Crippen molar-refractivity contribution >= 4 is 17.2 Å². The van der Waals surface area contributed by atoms with Crippen molar-refractivity contribution in [1.82, 2.24) is 10.6 Å². The average Bonchev–Trinajstić information content (AvgIpc) is 2.52. The Labute approximate surface area is 134 Å². The molecule has 1 aromatic rings. The molecular formula is C18H27ClN2. The molecule has 0 aliphatic carbocycles. The van der Waals surface area contributed by atoms with Crippen LogP contribution in [0.5, 0.6) is 0 Å². The normalized spacial score (nSPS) is 17.2. The minimum atomic E-state index is 0.814. The van der Waals surface area contributed by atoms with Gasteiger partial charge in [0.1, 0.15) is 0 Å². The van der Waals surface area contributed by atoms with Crippen LogP contribution >= 0.6 is 11.6 Å². The molecule has 1 fully saturated rings. The first-order valence-electron chi connectivity index (χ1n) is 8.10. The summed E-state index contributed by atoms with van der Waals surface area (Å²) >= 11 is 6.18. The zero-order valence-corrected chi connectivity index (χ0v) is 14.0. The van der Waals surface area contributed by atoms with Crippen molar-refractivity contribution in [3.8, 4) is 0 Å². The topological polar surface area (TPSA) is 24.1 Å². The smallest absolute Gasteiger partial charge is 0.0412 e. The van der Waals surface area contributed by atoms with Crippen LogP contribution in [0.1, 0.15) is 37.8 Å². The van der Waals surface area contributed by atoms with Gasteiger partial charge in [0.2, 0.25) is 0 Å². The van der Waals surface area contributed by atoms with Crippen LogP contribution in [0.25, 0.3) is 5.57 Å². The Balaban J connectivity index is 1.95. The molecule has 2 nitrogen and oxygen atoms in total. The van der Waals surface area contributed by atoms with Crippen molar-refractivity contribution in [3.63, 3.8) is 0 Å². The van der Waals surface area contributed by atoms with E-state index in [4.69, 9.17) is 11.6 Å². The second-order valence-corrected chi connectivity index (χ2v) is 6.23. The largest absolute Gasteiger partial charge is 0.317 e. The van der Waals surface area contributed by atoms with Gasteiger partial charge in [0.05, 0.1) is 0 Å². The Hall–Kier alpha value is -0.830. The average molecular weight is 307 g/mol. The van der Waals surface area contributed by atoms with Gasteiger partial charge in [-0.1, -0.05) is 30.7 Å². The van der Waals surface area contributed by atoms with Crippen LogP contribution < -0.4 is 10.6 Å². The van der Waals surface area contributed by atoms with E-state index in [0.29, 0.717) is 0 Å². The molecule has 1 aliphatic rings. The lowest BCUT2D eigenvalue weighted by Crippen LogP contribution is -2.34. The summed E-state index contributed by atoms with van der Waals surface area (Å²) < 4.78 is 0. The lowest BCUT2D eigenvalue weighted by atomic mass is 9.96. The van der Waals surface area contributed by atoms with E-state index in [2.05, 4.69) is 42.7 Å². The third kappa shape index (κ3) is 4.84. The fourth-order valence-corrected chi connectivity index (χ4v) is 3.18. The molecular weight excluding hydrogens is 280 g/mol. The van der Waals surface area contributed by atoms with Crippen LogP contribution in [0.15, 0.2) is 24.3 Å². The number of benzene rings is 1. The number of aryl methyl sites for hydroxylation is 1. The number of nitrogens with one attached hydrogen (secondary N) is 2. The quantitative estimate of drug-likeness (QED) is 0.833. The molecule has 0 bridgehead atoms. The molecule has 21 heavy (non-hydrogen) atoms. The van der Waals surface area contributed by atoms with Gasteiger partial charge >= 0.3 is 0 Å². The first-order valence-corrected chi connectivity index (χ1v) is 8.47. The maximum atomic E-state index is 6.18. The highest BCUT2D eigenvalue weighted by Gasteiger charge is 2.13. The highest BCUT2D eigenvalue weighted by Crippen LogP contribution is 2.24. The third-order valence-corrected chi connectivity index (χ3v) is 4.59. The summed E-state index contributed by atoms with van der Waals surface area (Å²) in [6, 6.07) is 6.23. The molecule has 1 aliphatic heterocycles. The van der Waals surface area contributed by atoms with E-state index in [1.807, 2.05) is 6.07 Å². The van der Waals surface area contributed by atoms with Crippen LogP contribution in [0, 0.1) is 5.92 Å². The molecule has 0 atom stereocenters. The zero-order valence-electron chi connectivity index (χ0n) is 13.2. The van der Waals surface area contributed by atoms with Gasteiger partial charge < -0.3 is 10.6 Å². The minimum Gasteiger partial charge on any atom is -0.317 e. The van der Waals surface area contributed by atoms with Gasteiger partial charge in [-0.15, -0.1) is 0 Å². The highest BCUT2D eigenvalue weighted by atomic mass is 35.5. The first-order chi connectivity index (χ1) is 10.2. The predicted molar refractivity (Wildman–Crippen MR) is 92.9 cm³/mol. The second-order valence-electron chi connectivity index (χ2n) is 5.79. The number of halogens is 1. The van der Waals surface area contributed by atoms with E-state index in [9.17, 15) is 0 Å². The zero-order chi connectivity index (χ0) is 15.1. The molecule has 0 spiro atoms. The van der Waals surface area contributed by atoms with Gasteiger partial charge in [-0.2, -0.15) is 0 Å². The lowest BCUT2D eigenvalue weighted by Gasteiger charge is -2.23. The standard InChI is InChI=1S/C18H27ClN2/c1-3-15-5-6-17(19)11-18(15)16(4-2)13-21-12-14-7-9-20-10-8-14/h4-6,11,14,20-21H,3,7-10,12-13H2,1-2H3/b16-4-. The van der Waals surface area contributed by atoms with Gasteiger partial charge in [0, 0.05) is 11.6 Å². The van der Waals surface area contributed by atoms with Gasteiger partial charge in [-0.3, -0.25) is 0 Å². The fourth-order valence-electron chi connectivity index (χ4n) is 3.01. The summed E-state index contributed by atoms with van der Waals surface area (Å²) in [5.41, 5.74) is 4.02. The summed E-state index contributed by atoms with van der Waals surface area (Å²) in [4.78, 5) is 0. The first kappa shape index (κ1) is 16.5. The summed E-state index contributed by atoms with van der Waals surface area (Å²) in [6.45, 7) is 8.67. The molecule has 3 heteroatoms. The van der Waals surface area contributed by atoms with Crippen molar-refractivity contribution in [1.29, 1.82) is 0 Å². The SMILES string of the molecule is C/C=C(/CNCC1CCNCC1)c1cc(Cl)ccc1CC. The molecule has 0 aromatic heterocycles. The van der Waals surface area contributed by atoms with E-state index in [1.54, 1.807) is 0 Å². The van der Waals surface area contributed by atoms with Crippen LogP contribution in [-0.4, -0.2) is 26.2 Å². The van der Waals surface area contributed by atoms with Crippen LogP contribution in [0.2, 0.25) is 5.02 Å². The molecule has 0 saturated carbocycles. The summed E-state index contributed by atoms with van der Waals surface area (Å²) in [7, 11) is 0. The highest BCUT2D eigenvalue weighted by molar-refractivity contribution is 6.30. The Morgan fingerprint density at radius 2 is 2.14 bits per heavy atom. The Morgan fingerprint density at radius 3 is 2.81 bits per heavy atom.